The first-order chi connectivity index (χ1) is 32.8. The van der Waals surface area contributed by atoms with Gasteiger partial charge < -0.3 is 14.2 Å². The van der Waals surface area contributed by atoms with Crippen LogP contribution < -0.4 is 0 Å². The van der Waals surface area contributed by atoms with Gasteiger partial charge in [0.25, 0.3) is 30.4 Å². The summed E-state index contributed by atoms with van der Waals surface area (Å²) in [6.45, 7) is 11.3. The van der Waals surface area contributed by atoms with Gasteiger partial charge in [-0.15, -0.1) is 0 Å². The van der Waals surface area contributed by atoms with E-state index in [0.29, 0.717) is 64.9 Å². The highest BCUT2D eigenvalue weighted by Crippen LogP contribution is 2.63. The topological polar surface area (TPSA) is 260 Å². The molecule has 30 heteroatoms. The number of rotatable bonds is 0. The Morgan fingerprint density at radius 2 is 1.17 bits per heavy atom. The predicted octanol–water partition coefficient (Wildman–Crippen LogP) is 3.35. The molecule has 0 radical (unpaired) electrons. The normalized spacial score (nSPS) is 51.5. The molecule has 14 aliphatic rings. The van der Waals surface area contributed by atoms with E-state index in [9.17, 15) is 76.8 Å². The minimum atomic E-state index is -4.85. The molecule has 0 spiro atoms. The fraction of sp³-hybridized carbons (Fsp3) is 1.00. The van der Waals surface area contributed by atoms with Crippen LogP contribution in [0.1, 0.15) is 80.1 Å². The van der Waals surface area contributed by atoms with E-state index < -0.39 is 137 Å². The van der Waals surface area contributed by atoms with Crippen LogP contribution in [0.15, 0.2) is 0 Å². The minimum absolute atomic E-state index is 0.0509. The van der Waals surface area contributed by atoms with Gasteiger partial charge in [0.1, 0.15) is 35.6 Å². The average molecular weight is 1160 g/mol. The molecule has 0 aromatic rings. The third-order valence-corrected chi connectivity index (χ3v) is 29.8. The van der Waals surface area contributed by atoms with E-state index in [0.717, 1.165) is 25.2 Å². The first-order valence-electron chi connectivity index (χ1n) is 24.3. The van der Waals surface area contributed by atoms with Crippen molar-refractivity contribution in [3.63, 3.8) is 0 Å². The van der Waals surface area contributed by atoms with Gasteiger partial charge in [0, 0.05) is 24.2 Å². The number of fused-ring (bicyclic) bond motifs is 4. The fourth-order valence-electron chi connectivity index (χ4n) is 14.3. The van der Waals surface area contributed by atoms with E-state index >= 15 is 0 Å². The van der Waals surface area contributed by atoms with Gasteiger partial charge in [-0.25, -0.2) is 25.3 Å². The van der Waals surface area contributed by atoms with Gasteiger partial charge in [-0.3, -0.25) is 12.5 Å². The van der Waals surface area contributed by atoms with Crippen molar-refractivity contribution in [1.82, 2.24) is 0 Å². The van der Waals surface area contributed by atoms with Crippen LogP contribution in [0.4, 0.5) is 26.3 Å². The molecule has 23 unspecified atom stereocenters. The third-order valence-electron chi connectivity index (χ3n) is 18.2. The average Bonchev–Trinajstić information content (AvgIpc) is 4.09. The largest absolute Gasteiger partial charge is 0.413 e. The number of ether oxygens (including phenoxy) is 3. The number of alkyl halides is 6. The lowest BCUT2D eigenvalue weighted by Gasteiger charge is -2.29. The summed E-state index contributed by atoms with van der Waals surface area (Å²) in [5.41, 5.74) is 0. The Morgan fingerprint density at radius 1 is 0.528 bits per heavy atom. The van der Waals surface area contributed by atoms with Crippen molar-refractivity contribution in [1.29, 1.82) is 0 Å². The highest BCUT2D eigenvalue weighted by molar-refractivity contribution is 7.92. The molecule has 18 nitrogen and oxygen atoms in total. The minimum Gasteiger partial charge on any atom is -0.373 e. The Morgan fingerprint density at radius 3 is 1.62 bits per heavy atom. The molecule has 0 N–H and O–H groups in total. The molecule has 72 heavy (non-hydrogen) atoms. The van der Waals surface area contributed by atoms with Crippen molar-refractivity contribution < 1.29 is 104 Å². The Labute approximate surface area is 417 Å². The second-order valence-corrected chi connectivity index (χ2v) is 34.6. The first-order valence-corrected chi connectivity index (χ1v) is 34.0. The van der Waals surface area contributed by atoms with Crippen molar-refractivity contribution in [3.05, 3.63) is 0 Å². The molecule has 2 saturated carbocycles. The lowest BCUT2D eigenvalue weighted by molar-refractivity contribution is -0.189. The molecule has 12 heterocycles. The lowest BCUT2D eigenvalue weighted by Crippen LogP contribution is -2.56. The number of hydrogen-bond acceptors (Lipinski definition) is 18. The molecule has 12 saturated heterocycles. The summed E-state index contributed by atoms with van der Waals surface area (Å²) < 4.78 is 239. The zero-order valence-corrected chi connectivity index (χ0v) is 44.9. The molecule has 14 rings (SSSR count). The zero-order chi connectivity index (χ0) is 53.2. The van der Waals surface area contributed by atoms with Gasteiger partial charge in [0.2, 0.25) is 4.75 Å². The van der Waals surface area contributed by atoms with Gasteiger partial charge in [0.05, 0.1) is 69.8 Å². The Hall–Kier alpha value is -0.960. The summed E-state index contributed by atoms with van der Waals surface area (Å²) >= 11 is 0. The maximum atomic E-state index is 13.0. The van der Waals surface area contributed by atoms with E-state index in [4.69, 9.17) is 18.4 Å². The fourth-order valence-corrected chi connectivity index (χ4v) is 26.6. The van der Waals surface area contributed by atoms with Crippen LogP contribution in [-0.2, 0) is 86.6 Å². The van der Waals surface area contributed by atoms with Crippen molar-refractivity contribution in [2.75, 3.05) is 28.8 Å². The van der Waals surface area contributed by atoms with E-state index in [-0.39, 0.29) is 40.5 Å². The maximum Gasteiger partial charge on any atom is 0.413 e. The number of halogens is 6. The zero-order valence-electron chi connectivity index (χ0n) is 40.0. The van der Waals surface area contributed by atoms with Crippen LogP contribution in [-0.4, -0.2) is 167 Å². The molecule has 0 amide bonds. The Kier molecular flexibility index (Phi) is 14.0. The van der Waals surface area contributed by atoms with Crippen molar-refractivity contribution in [3.8, 4) is 0 Å². The van der Waals surface area contributed by atoms with Crippen LogP contribution >= 0.6 is 0 Å². The molecule has 8 bridgehead atoms. The van der Waals surface area contributed by atoms with Gasteiger partial charge in [0.15, 0.2) is 29.5 Å². The smallest absolute Gasteiger partial charge is 0.373 e. The standard InChI is InChI=1S/C9H14O2S.2C8H9F3O4S.C8H12O3S.C5H10O2S.C4H8O3S/c1-5-6-2-7-8(5)4-12(10,11)9(7)3-6;1-3-4-2-7(8(9,10)11)6(14-4)5(3)15-16(7,12)13;1-2-4-3(8(9,10)11)7-6(14-4)5(2)15-16(7,12)13;1-4-5-3-12(9,10)7-2-6(4)11-8(5)7;1-5-2-3-8(6,7)4-5;1-4-2-3-8(5,6)7-4/h5-9H,2-4H2,1H3;3-6H,2H2,1H3;2-7H,1H3;4-8H,2-3H2,1H3;5H,2-4H2,1H3;4H,2-3H2,1H3. The monoisotopic (exact) mass is 1160 g/mol. The summed E-state index contributed by atoms with van der Waals surface area (Å²) in [5, 5.41) is -1.65. The summed E-state index contributed by atoms with van der Waals surface area (Å²) in [7, 11) is -19.9. The van der Waals surface area contributed by atoms with Gasteiger partial charge in [-0.1, -0.05) is 34.6 Å². The van der Waals surface area contributed by atoms with Gasteiger partial charge in [-0.05, 0) is 74.5 Å². The quantitative estimate of drug-likeness (QED) is 0.249. The second-order valence-electron chi connectivity index (χ2n) is 22.6. The molecule has 416 valence electrons. The second kappa shape index (κ2) is 18.0. The summed E-state index contributed by atoms with van der Waals surface area (Å²) in [6.07, 6.45) is -11.1. The van der Waals surface area contributed by atoms with Crippen LogP contribution in [0.2, 0.25) is 0 Å². The van der Waals surface area contributed by atoms with E-state index in [1.807, 2.05) is 6.92 Å². The highest BCUT2D eigenvalue weighted by atomic mass is 32.2. The molecule has 2 aliphatic carbocycles. The molecule has 23 atom stereocenters. The number of hydrogen-bond donors (Lipinski definition) is 0. The van der Waals surface area contributed by atoms with Crippen LogP contribution in [0.25, 0.3) is 0 Å². The Bertz CT molecular complexity index is 2720. The van der Waals surface area contributed by atoms with Crippen LogP contribution in [0, 0.1) is 59.2 Å². The summed E-state index contributed by atoms with van der Waals surface area (Å²) in [5.74, 6) is 2.76. The maximum absolute atomic E-state index is 13.0. The molecule has 0 aromatic heterocycles. The molecule has 12 aliphatic heterocycles. The van der Waals surface area contributed by atoms with Gasteiger partial charge >= 0.3 is 12.4 Å². The molecular weight excluding hydrogens is 1100 g/mol. The van der Waals surface area contributed by atoms with E-state index in [1.165, 1.54) is 13.3 Å². The van der Waals surface area contributed by atoms with Crippen molar-refractivity contribution >= 4 is 59.9 Å². The van der Waals surface area contributed by atoms with E-state index in [1.54, 1.807) is 13.8 Å². The van der Waals surface area contributed by atoms with Crippen molar-refractivity contribution in [2.24, 2.45) is 59.2 Å². The highest BCUT2D eigenvalue weighted by Gasteiger charge is 2.83. The molecule has 14 fully saturated rings. The Balaban J connectivity index is 0.000000109. The molecule has 0 aromatic carbocycles. The van der Waals surface area contributed by atoms with Crippen molar-refractivity contribution in [2.45, 2.75) is 168 Å². The number of sulfone groups is 3. The molecular formula is C42H62F6O18S6. The first kappa shape index (κ1) is 55.8. The lowest BCUT2D eigenvalue weighted by atomic mass is 9.80. The predicted molar refractivity (Wildman–Crippen MR) is 241 cm³/mol. The van der Waals surface area contributed by atoms with Gasteiger partial charge in [-0.2, -0.15) is 51.6 Å². The SMILES string of the molecule is CC1C2CC3(C(F)(F)F)C(O2)C1OS3(=O)=O.CC1C2CC3C(O2)C1CS3(=O)=O.CC1C2CC3C1CS(=O)(=O)C3C2.CC1C2OS(=O)(=O)C3C2OC1C3C(F)(F)F.CC1CCS(=O)(=O)C1.CC1CCS(=O)(=O)O1. The van der Waals surface area contributed by atoms with Crippen LogP contribution in [0.3, 0.4) is 0 Å². The summed E-state index contributed by atoms with van der Waals surface area (Å²) in [4.78, 5) is 0. The summed E-state index contributed by atoms with van der Waals surface area (Å²) in [6, 6.07) is 0. The van der Waals surface area contributed by atoms with Crippen LogP contribution in [0.5, 0.6) is 0 Å². The van der Waals surface area contributed by atoms with E-state index in [2.05, 4.69) is 22.2 Å². The third kappa shape index (κ3) is 9.23.